The molecule has 0 radical (unpaired) electrons. The first kappa shape index (κ1) is 13.2. The van der Waals surface area contributed by atoms with E-state index in [1.54, 1.807) is 6.07 Å². The topological polar surface area (TPSA) is 70.2 Å². The predicted molar refractivity (Wildman–Crippen MR) is 74.4 cm³/mol. The molecule has 6 heteroatoms. The van der Waals surface area contributed by atoms with Crippen molar-refractivity contribution in [2.24, 2.45) is 0 Å². The van der Waals surface area contributed by atoms with E-state index in [1.807, 2.05) is 18.2 Å². The molecule has 1 aliphatic rings. The molecule has 0 saturated carbocycles. The van der Waals surface area contributed by atoms with Crippen LogP contribution in [0.2, 0.25) is 0 Å². The normalized spacial score (nSPS) is 20.4. The summed E-state index contributed by atoms with van der Waals surface area (Å²) in [7, 11) is -3.25. The van der Waals surface area contributed by atoms with E-state index in [0.29, 0.717) is 11.7 Å². The number of sulfonamides is 1. The fourth-order valence-electron chi connectivity index (χ4n) is 2.09. The first-order chi connectivity index (χ1) is 8.54. The van der Waals surface area contributed by atoms with Crippen LogP contribution >= 0.6 is 0 Å². The van der Waals surface area contributed by atoms with Crippen LogP contribution in [0.3, 0.4) is 0 Å². The van der Waals surface area contributed by atoms with Gasteiger partial charge in [-0.3, -0.25) is 4.72 Å². The van der Waals surface area contributed by atoms with Crippen molar-refractivity contribution in [2.75, 3.05) is 29.4 Å². The third-order valence-corrected chi connectivity index (χ3v) is 3.47. The van der Waals surface area contributed by atoms with Crippen LogP contribution in [-0.4, -0.2) is 33.8 Å². The van der Waals surface area contributed by atoms with Gasteiger partial charge < -0.3 is 10.6 Å². The van der Waals surface area contributed by atoms with Crippen LogP contribution in [0.4, 0.5) is 11.4 Å². The third kappa shape index (κ3) is 3.89. The molecule has 1 heterocycles. The number of hydrogen-bond acceptors (Lipinski definition) is 4. The molecule has 3 N–H and O–H groups in total. The Bertz CT molecular complexity index is 496. The average Bonchev–Trinajstić information content (AvgIpc) is 2.31. The second-order valence-electron chi connectivity index (χ2n) is 4.61. The molecule has 100 valence electrons. The molecule has 1 aromatic rings. The zero-order chi connectivity index (χ0) is 13.0. The standard InChI is InChI=1S/C12H19N3O2S/c1-18(16,17)15-12-7-3-2-6-11(12)14-10-5-4-8-13-9-10/h2-3,6-7,10,13-15H,4-5,8-9H2,1H3. The molecule has 0 spiro atoms. The van der Waals surface area contributed by atoms with Crippen molar-refractivity contribution in [2.45, 2.75) is 18.9 Å². The molecule has 18 heavy (non-hydrogen) atoms. The molecular formula is C12H19N3O2S. The van der Waals surface area contributed by atoms with Crippen LogP contribution in [0.5, 0.6) is 0 Å². The average molecular weight is 269 g/mol. The Morgan fingerprint density at radius 1 is 1.28 bits per heavy atom. The van der Waals surface area contributed by atoms with Gasteiger partial charge in [-0.25, -0.2) is 8.42 Å². The largest absolute Gasteiger partial charge is 0.379 e. The second-order valence-corrected chi connectivity index (χ2v) is 6.36. The van der Waals surface area contributed by atoms with Gasteiger partial charge >= 0.3 is 0 Å². The molecule has 1 atom stereocenters. The highest BCUT2D eigenvalue weighted by atomic mass is 32.2. The van der Waals surface area contributed by atoms with E-state index in [1.165, 1.54) is 0 Å². The Labute approximate surface area is 108 Å². The summed E-state index contributed by atoms with van der Waals surface area (Å²) in [5.74, 6) is 0. The van der Waals surface area contributed by atoms with Crippen LogP contribution in [0.1, 0.15) is 12.8 Å². The highest BCUT2D eigenvalue weighted by Gasteiger charge is 2.14. The summed E-state index contributed by atoms with van der Waals surface area (Å²) >= 11 is 0. The smallest absolute Gasteiger partial charge is 0.229 e. The van der Waals surface area contributed by atoms with E-state index in [4.69, 9.17) is 0 Å². The molecule has 0 amide bonds. The minimum Gasteiger partial charge on any atom is -0.379 e. The maximum Gasteiger partial charge on any atom is 0.229 e. The van der Waals surface area contributed by atoms with Gasteiger partial charge in [0, 0.05) is 12.6 Å². The summed E-state index contributed by atoms with van der Waals surface area (Å²) in [5, 5.41) is 6.70. The van der Waals surface area contributed by atoms with Gasteiger partial charge in [-0.2, -0.15) is 0 Å². The van der Waals surface area contributed by atoms with E-state index in [2.05, 4.69) is 15.4 Å². The van der Waals surface area contributed by atoms with Gasteiger partial charge in [0.2, 0.25) is 10.0 Å². The highest BCUT2D eigenvalue weighted by Crippen LogP contribution is 2.23. The Morgan fingerprint density at radius 3 is 2.61 bits per heavy atom. The number of piperidine rings is 1. The Kier molecular flexibility index (Phi) is 4.08. The Balaban J connectivity index is 2.11. The minimum atomic E-state index is -3.25. The van der Waals surface area contributed by atoms with Gasteiger partial charge in [0.25, 0.3) is 0 Å². The monoisotopic (exact) mass is 269 g/mol. The number of anilines is 2. The molecule has 1 unspecified atom stereocenters. The van der Waals surface area contributed by atoms with Crippen LogP contribution in [0, 0.1) is 0 Å². The fourth-order valence-corrected chi connectivity index (χ4v) is 2.67. The van der Waals surface area contributed by atoms with E-state index in [9.17, 15) is 8.42 Å². The van der Waals surface area contributed by atoms with Crippen LogP contribution < -0.4 is 15.4 Å². The zero-order valence-electron chi connectivity index (χ0n) is 10.4. The van der Waals surface area contributed by atoms with Gasteiger partial charge in [0.15, 0.2) is 0 Å². The summed E-state index contributed by atoms with van der Waals surface area (Å²) in [6.45, 7) is 1.97. The highest BCUT2D eigenvalue weighted by molar-refractivity contribution is 7.92. The Hall–Kier alpha value is -1.27. The van der Waals surface area contributed by atoms with E-state index in [0.717, 1.165) is 37.9 Å². The Morgan fingerprint density at radius 2 is 2.00 bits per heavy atom. The third-order valence-electron chi connectivity index (χ3n) is 2.88. The number of para-hydroxylation sites is 2. The second kappa shape index (κ2) is 5.58. The summed E-state index contributed by atoms with van der Waals surface area (Å²) in [4.78, 5) is 0. The number of benzene rings is 1. The molecule has 5 nitrogen and oxygen atoms in total. The number of nitrogens with one attached hydrogen (secondary N) is 3. The van der Waals surface area contributed by atoms with Crippen molar-refractivity contribution < 1.29 is 8.42 Å². The van der Waals surface area contributed by atoms with E-state index in [-0.39, 0.29) is 0 Å². The molecule has 0 aliphatic carbocycles. The van der Waals surface area contributed by atoms with Crippen LogP contribution in [0.25, 0.3) is 0 Å². The quantitative estimate of drug-likeness (QED) is 0.768. The molecule has 1 aliphatic heterocycles. The summed E-state index contributed by atoms with van der Waals surface area (Å²) in [6, 6.07) is 7.72. The minimum absolute atomic E-state index is 0.348. The zero-order valence-corrected chi connectivity index (χ0v) is 11.3. The molecule has 0 bridgehead atoms. The van der Waals surface area contributed by atoms with Gasteiger partial charge in [-0.1, -0.05) is 12.1 Å². The molecule has 1 aromatic carbocycles. The molecule has 0 aromatic heterocycles. The fraction of sp³-hybridized carbons (Fsp3) is 0.500. The maximum absolute atomic E-state index is 11.3. The number of rotatable bonds is 4. The SMILES string of the molecule is CS(=O)(=O)Nc1ccccc1NC1CCCNC1. The maximum atomic E-state index is 11.3. The lowest BCUT2D eigenvalue weighted by molar-refractivity contribution is 0.480. The van der Waals surface area contributed by atoms with Crippen LogP contribution in [-0.2, 0) is 10.0 Å². The predicted octanol–water partition coefficient (Wildman–Crippen LogP) is 1.22. The van der Waals surface area contributed by atoms with E-state index < -0.39 is 10.0 Å². The summed E-state index contributed by atoms with van der Waals surface area (Å²) in [6.07, 6.45) is 3.39. The van der Waals surface area contributed by atoms with Crippen molar-refractivity contribution in [3.05, 3.63) is 24.3 Å². The first-order valence-corrected chi connectivity index (χ1v) is 7.98. The molecule has 1 saturated heterocycles. The van der Waals surface area contributed by atoms with Crippen LogP contribution in [0.15, 0.2) is 24.3 Å². The lowest BCUT2D eigenvalue weighted by atomic mass is 10.1. The van der Waals surface area contributed by atoms with Gasteiger partial charge in [-0.05, 0) is 31.5 Å². The lowest BCUT2D eigenvalue weighted by Gasteiger charge is -2.26. The van der Waals surface area contributed by atoms with Crippen molar-refractivity contribution >= 4 is 21.4 Å². The molecule has 1 fully saturated rings. The molecular weight excluding hydrogens is 250 g/mol. The van der Waals surface area contributed by atoms with Gasteiger partial charge in [0.1, 0.15) is 0 Å². The first-order valence-electron chi connectivity index (χ1n) is 6.09. The summed E-state index contributed by atoms with van der Waals surface area (Å²) in [5.41, 5.74) is 1.43. The van der Waals surface area contributed by atoms with Crippen molar-refractivity contribution in [1.82, 2.24) is 5.32 Å². The molecule has 2 rings (SSSR count). The van der Waals surface area contributed by atoms with Gasteiger partial charge in [0.05, 0.1) is 17.6 Å². The van der Waals surface area contributed by atoms with Crippen molar-refractivity contribution in [3.63, 3.8) is 0 Å². The van der Waals surface area contributed by atoms with Gasteiger partial charge in [-0.15, -0.1) is 0 Å². The van der Waals surface area contributed by atoms with Crippen molar-refractivity contribution in [3.8, 4) is 0 Å². The van der Waals surface area contributed by atoms with E-state index >= 15 is 0 Å². The summed E-state index contributed by atoms with van der Waals surface area (Å²) < 4.78 is 25.1. The lowest BCUT2D eigenvalue weighted by Crippen LogP contribution is -2.38. The van der Waals surface area contributed by atoms with Crippen molar-refractivity contribution in [1.29, 1.82) is 0 Å². The number of hydrogen-bond donors (Lipinski definition) is 3.